The number of hydrogen-bond acceptors (Lipinski definition) is 4. The lowest BCUT2D eigenvalue weighted by Gasteiger charge is -2.16. The second kappa shape index (κ2) is 9.91. The van der Waals surface area contributed by atoms with E-state index in [2.05, 4.69) is 16.0 Å². The van der Waals surface area contributed by atoms with E-state index in [4.69, 9.17) is 0 Å². The van der Waals surface area contributed by atoms with Crippen molar-refractivity contribution in [2.24, 2.45) is 0 Å². The fraction of sp³-hybridized carbons (Fsp3) is 0.348. The second-order valence-electron chi connectivity index (χ2n) is 7.36. The first-order chi connectivity index (χ1) is 14.5. The Morgan fingerprint density at radius 1 is 0.933 bits per heavy atom. The normalized spacial score (nSPS) is 13.1. The number of amides is 3. The molecule has 1 aliphatic heterocycles. The molecule has 7 heteroatoms. The lowest BCUT2D eigenvalue weighted by atomic mass is 10.1. The van der Waals surface area contributed by atoms with Crippen molar-refractivity contribution in [2.75, 3.05) is 35.6 Å². The van der Waals surface area contributed by atoms with Crippen LogP contribution < -0.4 is 16.0 Å². The van der Waals surface area contributed by atoms with Crippen LogP contribution in [0.1, 0.15) is 42.1 Å². The average Bonchev–Trinajstić information content (AvgIpc) is 3.29. The third-order valence-corrected chi connectivity index (χ3v) is 5.16. The van der Waals surface area contributed by atoms with E-state index in [1.54, 1.807) is 37.3 Å². The van der Waals surface area contributed by atoms with E-state index in [-0.39, 0.29) is 24.3 Å². The SMILES string of the molecule is CCC(=O)Nc1cccc(NC(=O)CNc2cccc(C(=O)N3CCCC3)c2)c1C. The molecule has 1 saturated heterocycles. The van der Waals surface area contributed by atoms with Crippen molar-refractivity contribution in [1.29, 1.82) is 0 Å². The van der Waals surface area contributed by atoms with Crippen molar-refractivity contribution < 1.29 is 14.4 Å². The molecule has 3 rings (SSSR count). The second-order valence-corrected chi connectivity index (χ2v) is 7.36. The molecule has 2 aromatic rings. The first-order valence-electron chi connectivity index (χ1n) is 10.3. The molecule has 0 aromatic heterocycles. The maximum atomic E-state index is 12.5. The van der Waals surface area contributed by atoms with Gasteiger partial charge in [0.1, 0.15) is 0 Å². The summed E-state index contributed by atoms with van der Waals surface area (Å²) >= 11 is 0. The van der Waals surface area contributed by atoms with E-state index < -0.39 is 0 Å². The summed E-state index contributed by atoms with van der Waals surface area (Å²) in [5.41, 5.74) is 3.47. The molecule has 3 N–H and O–H groups in total. The molecular weight excluding hydrogens is 380 g/mol. The lowest BCUT2D eigenvalue weighted by molar-refractivity contribution is -0.116. The van der Waals surface area contributed by atoms with Gasteiger partial charge in [-0.25, -0.2) is 0 Å². The van der Waals surface area contributed by atoms with Crippen LogP contribution in [0, 0.1) is 6.92 Å². The first kappa shape index (κ1) is 21.4. The standard InChI is InChI=1S/C23H28N4O3/c1-3-21(28)25-19-10-7-11-20(16(19)2)26-22(29)15-24-18-9-6-8-17(14-18)23(30)27-12-4-5-13-27/h6-11,14,24H,3-5,12-13,15H2,1-2H3,(H,25,28)(H,26,29). The molecular formula is C23H28N4O3. The van der Waals surface area contributed by atoms with Gasteiger partial charge in [-0.3, -0.25) is 14.4 Å². The Bertz CT molecular complexity index is 936. The van der Waals surface area contributed by atoms with Gasteiger partial charge in [0, 0.05) is 42.1 Å². The number of likely N-dealkylation sites (tertiary alicyclic amines) is 1. The Hall–Kier alpha value is -3.35. The molecule has 30 heavy (non-hydrogen) atoms. The van der Waals surface area contributed by atoms with Gasteiger partial charge in [-0.05, 0) is 55.7 Å². The van der Waals surface area contributed by atoms with Gasteiger partial charge >= 0.3 is 0 Å². The summed E-state index contributed by atoms with van der Waals surface area (Å²) in [6, 6.07) is 12.6. The Balaban J connectivity index is 1.59. The molecule has 0 bridgehead atoms. The van der Waals surface area contributed by atoms with Crippen LogP contribution in [-0.4, -0.2) is 42.3 Å². The predicted octanol–water partition coefficient (Wildman–Crippen LogP) is 3.63. The van der Waals surface area contributed by atoms with E-state index in [9.17, 15) is 14.4 Å². The number of benzene rings is 2. The van der Waals surface area contributed by atoms with Crippen LogP contribution in [0.3, 0.4) is 0 Å². The van der Waals surface area contributed by atoms with Crippen LogP contribution in [0.25, 0.3) is 0 Å². The average molecular weight is 409 g/mol. The van der Waals surface area contributed by atoms with Crippen LogP contribution in [0.4, 0.5) is 17.1 Å². The number of nitrogens with one attached hydrogen (secondary N) is 3. The van der Waals surface area contributed by atoms with Gasteiger partial charge < -0.3 is 20.9 Å². The van der Waals surface area contributed by atoms with E-state index in [1.807, 2.05) is 24.0 Å². The summed E-state index contributed by atoms with van der Waals surface area (Å²) in [4.78, 5) is 38.5. The highest BCUT2D eigenvalue weighted by molar-refractivity contribution is 5.98. The van der Waals surface area contributed by atoms with Crippen LogP contribution in [0.15, 0.2) is 42.5 Å². The molecule has 2 aromatic carbocycles. The molecule has 3 amide bonds. The van der Waals surface area contributed by atoms with E-state index >= 15 is 0 Å². The first-order valence-corrected chi connectivity index (χ1v) is 10.3. The minimum atomic E-state index is -0.214. The topological polar surface area (TPSA) is 90.5 Å². The number of carbonyl (C=O) groups is 3. The minimum absolute atomic E-state index is 0.0298. The highest BCUT2D eigenvalue weighted by Crippen LogP contribution is 2.23. The van der Waals surface area contributed by atoms with Gasteiger partial charge in [-0.1, -0.05) is 19.1 Å². The molecule has 0 atom stereocenters. The molecule has 0 saturated carbocycles. The Kier molecular flexibility index (Phi) is 7.06. The Morgan fingerprint density at radius 2 is 1.57 bits per heavy atom. The quantitative estimate of drug-likeness (QED) is 0.653. The van der Waals surface area contributed by atoms with Gasteiger partial charge in [0.15, 0.2) is 0 Å². The van der Waals surface area contributed by atoms with Crippen LogP contribution in [-0.2, 0) is 9.59 Å². The van der Waals surface area contributed by atoms with Crippen molar-refractivity contribution in [3.8, 4) is 0 Å². The molecule has 0 radical (unpaired) electrons. The third kappa shape index (κ3) is 5.37. The molecule has 0 aliphatic carbocycles. The highest BCUT2D eigenvalue weighted by Gasteiger charge is 2.19. The van der Waals surface area contributed by atoms with E-state index in [0.29, 0.717) is 23.4 Å². The van der Waals surface area contributed by atoms with Gasteiger partial charge in [0.25, 0.3) is 5.91 Å². The summed E-state index contributed by atoms with van der Waals surface area (Å²) in [5, 5.41) is 8.77. The van der Waals surface area contributed by atoms with E-state index in [0.717, 1.165) is 37.2 Å². The molecule has 0 unspecified atom stereocenters. The fourth-order valence-corrected chi connectivity index (χ4v) is 3.39. The Labute approximate surface area is 176 Å². The lowest BCUT2D eigenvalue weighted by Crippen LogP contribution is -2.27. The van der Waals surface area contributed by atoms with Crippen molar-refractivity contribution in [3.63, 3.8) is 0 Å². The predicted molar refractivity (Wildman–Crippen MR) is 119 cm³/mol. The molecule has 1 aliphatic rings. The van der Waals surface area contributed by atoms with Gasteiger partial charge in [0.05, 0.1) is 6.54 Å². The maximum absolute atomic E-state index is 12.5. The smallest absolute Gasteiger partial charge is 0.253 e. The number of hydrogen-bond donors (Lipinski definition) is 3. The number of carbonyl (C=O) groups excluding carboxylic acids is 3. The molecule has 7 nitrogen and oxygen atoms in total. The van der Waals surface area contributed by atoms with Gasteiger partial charge in [0.2, 0.25) is 11.8 Å². The molecule has 1 fully saturated rings. The molecule has 158 valence electrons. The minimum Gasteiger partial charge on any atom is -0.376 e. The van der Waals surface area contributed by atoms with Crippen LogP contribution in [0.2, 0.25) is 0 Å². The molecule has 1 heterocycles. The third-order valence-electron chi connectivity index (χ3n) is 5.16. The van der Waals surface area contributed by atoms with Crippen molar-refractivity contribution in [3.05, 3.63) is 53.6 Å². The number of nitrogens with zero attached hydrogens (tertiary/aromatic N) is 1. The van der Waals surface area contributed by atoms with Gasteiger partial charge in [-0.15, -0.1) is 0 Å². The largest absolute Gasteiger partial charge is 0.376 e. The maximum Gasteiger partial charge on any atom is 0.253 e. The summed E-state index contributed by atoms with van der Waals surface area (Å²) in [5.74, 6) is -0.262. The van der Waals surface area contributed by atoms with Crippen molar-refractivity contribution >= 4 is 34.8 Å². The monoisotopic (exact) mass is 408 g/mol. The highest BCUT2D eigenvalue weighted by atomic mass is 16.2. The zero-order valence-corrected chi connectivity index (χ0v) is 17.5. The zero-order valence-electron chi connectivity index (χ0n) is 17.5. The number of anilines is 3. The number of rotatable bonds is 7. The van der Waals surface area contributed by atoms with Crippen molar-refractivity contribution in [2.45, 2.75) is 33.1 Å². The summed E-state index contributed by atoms with van der Waals surface area (Å²) in [7, 11) is 0. The van der Waals surface area contributed by atoms with Crippen molar-refractivity contribution in [1.82, 2.24) is 4.90 Å². The van der Waals surface area contributed by atoms with Crippen LogP contribution in [0.5, 0.6) is 0 Å². The van der Waals surface area contributed by atoms with Crippen LogP contribution >= 0.6 is 0 Å². The zero-order chi connectivity index (χ0) is 21.5. The fourth-order valence-electron chi connectivity index (χ4n) is 3.39. The summed E-state index contributed by atoms with van der Waals surface area (Å²) in [6.07, 6.45) is 2.48. The van der Waals surface area contributed by atoms with E-state index in [1.165, 1.54) is 0 Å². The summed E-state index contributed by atoms with van der Waals surface area (Å²) < 4.78 is 0. The Morgan fingerprint density at radius 3 is 2.23 bits per heavy atom. The summed E-state index contributed by atoms with van der Waals surface area (Å²) in [6.45, 7) is 5.30. The van der Waals surface area contributed by atoms with Gasteiger partial charge in [-0.2, -0.15) is 0 Å². The molecule has 0 spiro atoms.